The largest absolute Gasteiger partial charge is 0.489 e. The summed E-state index contributed by atoms with van der Waals surface area (Å²) in [6.45, 7) is 15.8. The van der Waals surface area contributed by atoms with E-state index in [1.165, 1.54) is 45.9 Å². The predicted molar refractivity (Wildman–Crippen MR) is 254 cm³/mol. The van der Waals surface area contributed by atoms with Crippen LogP contribution in [-0.2, 0) is 23.3 Å². The number of nitrogens with zero attached hydrogens (tertiary/aromatic N) is 3. The van der Waals surface area contributed by atoms with Crippen LogP contribution in [0.5, 0.6) is 11.5 Å². The molecule has 318 valence electrons. The van der Waals surface area contributed by atoms with Crippen LogP contribution in [0.15, 0.2) is 168 Å². The number of nitro benzene ring substituents is 1. The van der Waals surface area contributed by atoms with Crippen molar-refractivity contribution in [3.8, 4) is 11.5 Å². The molecular formula is C54H56ClN3O4. The number of para-hydroxylation sites is 2. The van der Waals surface area contributed by atoms with E-state index in [-0.39, 0.29) is 33.4 Å². The summed E-state index contributed by atoms with van der Waals surface area (Å²) in [6, 6.07) is 40.7. The van der Waals surface area contributed by atoms with Crippen LogP contribution in [0.4, 0.5) is 17.1 Å². The molecule has 8 heteroatoms. The Labute approximate surface area is 371 Å². The molecule has 0 amide bonds. The summed E-state index contributed by atoms with van der Waals surface area (Å²) < 4.78 is 13.1. The number of allylic oxidation sites excluding steroid dienone is 6. The van der Waals surface area contributed by atoms with Crippen LogP contribution in [0.25, 0.3) is 0 Å². The number of anilines is 2. The molecule has 0 N–H and O–H groups in total. The minimum atomic E-state index is -0.372. The monoisotopic (exact) mass is 845 g/mol. The molecule has 62 heavy (non-hydrogen) atoms. The first-order valence-corrected chi connectivity index (χ1v) is 22.3. The Morgan fingerprint density at radius 2 is 1.47 bits per heavy atom. The van der Waals surface area contributed by atoms with Gasteiger partial charge < -0.3 is 19.3 Å². The minimum absolute atomic E-state index is 0.00998. The average molecular weight is 847 g/mol. The highest BCUT2D eigenvalue weighted by Crippen LogP contribution is 2.49. The summed E-state index contributed by atoms with van der Waals surface area (Å²) in [6.07, 6.45) is 10.5. The van der Waals surface area contributed by atoms with Crippen molar-refractivity contribution in [1.29, 1.82) is 0 Å². The zero-order valence-electron chi connectivity index (χ0n) is 36.6. The van der Waals surface area contributed by atoms with Gasteiger partial charge in [-0.25, -0.2) is 0 Å². The second kappa shape index (κ2) is 17.7. The van der Waals surface area contributed by atoms with Crippen LogP contribution in [0.2, 0.25) is 0 Å². The summed E-state index contributed by atoms with van der Waals surface area (Å²) in [7, 11) is 0. The zero-order valence-corrected chi connectivity index (χ0v) is 37.4. The fourth-order valence-electron chi connectivity index (χ4n) is 9.70. The van der Waals surface area contributed by atoms with E-state index in [0.717, 1.165) is 46.9 Å². The van der Waals surface area contributed by atoms with Gasteiger partial charge in [0, 0.05) is 52.9 Å². The highest BCUT2D eigenvalue weighted by molar-refractivity contribution is 6.17. The maximum atomic E-state index is 11.9. The molecule has 2 atom stereocenters. The number of benzene rings is 5. The number of halogens is 1. The number of nitro groups is 1. The molecule has 5 aromatic rings. The topological polar surface area (TPSA) is 68.1 Å². The lowest BCUT2D eigenvalue weighted by atomic mass is 9.78. The lowest BCUT2D eigenvalue weighted by Gasteiger charge is -2.33. The van der Waals surface area contributed by atoms with Gasteiger partial charge in [-0.3, -0.25) is 10.1 Å². The van der Waals surface area contributed by atoms with Gasteiger partial charge in [0.15, 0.2) is 0 Å². The summed E-state index contributed by atoms with van der Waals surface area (Å²) >= 11 is 6.01. The van der Waals surface area contributed by atoms with E-state index in [0.29, 0.717) is 31.1 Å². The maximum absolute atomic E-state index is 11.9. The van der Waals surface area contributed by atoms with E-state index in [1.807, 2.05) is 12.1 Å². The number of rotatable bonds is 13. The number of hydrogen-bond donors (Lipinski definition) is 0. The molecule has 0 radical (unpaired) electrons. The molecule has 8 rings (SSSR count). The first-order chi connectivity index (χ1) is 29.9. The third-order valence-corrected chi connectivity index (χ3v) is 13.4. The first kappa shape index (κ1) is 42.6. The van der Waals surface area contributed by atoms with E-state index in [1.54, 1.807) is 12.1 Å². The Morgan fingerprint density at radius 1 is 0.774 bits per heavy atom. The average Bonchev–Trinajstić information content (AvgIpc) is 3.65. The SMILES string of the molecule is CCN1/C(=C\C=C2/CC(c3ccc(OCc4ccc(CCl)cc4)cc3)CC(/C=C/C3N(CC)c4ccccc4C3(C)C)=C2Oc2cccc([N+](=O)[O-])c2)C(C)(C)c2ccccc21. The quantitative estimate of drug-likeness (QED) is 0.0668. The normalized spacial score (nSPS) is 20.2. The van der Waals surface area contributed by atoms with Crippen molar-refractivity contribution in [2.75, 3.05) is 22.9 Å². The van der Waals surface area contributed by atoms with Gasteiger partial charge >= 0.3 is 0 Å². The van der Waals surface area contributed by atoms with E-state index in [2.05, 4.69) is 161 Å². The summed E-state index contributed by atoms with van der Waals surface area (Å²) in [5.74, 6) is 2.59. The van der Waals surface area contributed by atoms with E-state index in [4.69, 9.17) is 21.1 Å². The fourth-order valence-corrected chi connectivity index (χ4v) is 9.88. The van der Waals surface area contributed by atoms with Crippen molar-refractivity contribution in [2.45, 2.75) is 89.7 Å². The molecule has 2 heterocycles. The second-order valence-electron chi connectivity index (χ2n) is 17.6. The number of ether oxygens (including phenoxy) is 2. The molecule has 0 bridgehead atoms. The van der Waals surface area contributed by atoms with Gasteiger partial charge in [-0.15, -0.1) is 11.6 Å². The molecule has 0 fully saturated rings. The first-order valence-electron chi connectivity index (χ1n) is 21.8. The summed E-state index contributed by atoms with van der Waals surface area (Å²) in [5.41, 5.74) is 11.4. The highest BCUT2D eigenvalue weighted by Gasteiger charge is 2.43. The van der Waals surface area contributed by atoms with Crippen LogP contribution in [-0.4, -0.2) is 24.1 Å². The molecule has 1 aliphatic carbocycles. The Kier molecular flexibility index (Phi) is 12.2. The van der Waals surface area contributed by atoms with Gasteiger partial charge in [0.1, 0.15) is 23.9 Å². The molecule has 0 spiro atoms. The van der Waals surface area contributed by atoms with Crippen molar-refractivity contribution in [3.63, 3.8) is 0 Å². The molecule has 0 saturated heterocycles. The lowest BCUT2D eigenvalue weighted by Crippen LogP contribution is -2.39. The molecular weight excluding hydrogens is 790 g/mol. The van der Waals surface area contributed by atoms with E-state index < -0.39 is 0 Å². The van der Waals surface area contributed by atoms with Gasteiger partial charge in [-0.05, 0) is 108 Å². The van der Waals surface area contributed by atoms with Crippen LogP contribution in [0.3, 0.4) is 0 Å². The Morgan fingerprint density at radius 3 is 2.16 bits per heavy atom. The standard InChI is InChI=1S/C54H56ClN3O4/c1-7-56-48-18-11-9-16-46(48)53(3,4)50(56)30-26-40-32-42(39-24-28-44(29-25-39)61-36-38-22-20-37(35-55)21-23-38)33-41(52(40)62-45-15-13-14-43(34-45)58(59)60)27-31-51-54(5,6)47-17-10-12-19-49(47)57(51)8-2/h9-31,34,42,50H,7-8,32-33,35-36H2,1-6H3/b30-26+,41-27+,51-31-. The molecule has 7 nitrogen and oxygen atoms in total. The van der Waals surface area contributed by atoms with Crippen LogP contribution < -0.4 is 19.3 Å². The number of hydrogen-bond acceptors (Lipinski definition) is 6. The van der Waals surface area contributed by atoms with Crippen LogP contribution >= 0.6 is 11.6 Å². The van der Waals surface area contributed by atoms with E-state index >= 15 is 0 Å². The van der Waals surface area contributed by atoms with Crippen molar-refractivity contribution < 1.29 is 14.4 Å². The number of likely N-dealkylation sites (N-methyl/N-ethyl adjacent to an activating group) is 2. The Hall–Kier alpha value is -6.05. The molecule has 0 saturated carbocycles. The molecule has 2 aliphatic heterocycles. The van der Waals surface area contributed by atoms with Crippen LogP contribution in [0, 0.1) is 10.1 Å². The van der Waals surface area contributed by atoms with Crippen molar-refractivity contribution in [1.82, 2.24) is 0 Å². The third kappa shape index (κ3) is 8.31. The van der Waals surface area contributed by atoms with Crippen molar-refractivity contribution in [3.05, 3.63) is 206 Å². The van der Waals surface area contributed by atoms with Crippen molar-refractivity contribution >= 4 is 28.7 Å². The molecule has 5 aromatic carbocycles. The Bertz CT molecular complexity index is 2570. The minimum Gasteiger partial charge on any atom is -0.489 e. The number of alkyl halides is 1. The lowest BCUT2D eigenvalue weighted by molar-refractivity contribution is -0.384. The highest BCUT2D eigenvalue weighted by atomic mass is 35.5. The van der Waals surface area contributed by atoms with Gasteiger partial charge in [-0.1, -0.05) is 125 Å². The zero-order chi connectivity index (χ0) is 43.6. The van der Waals surface area contributed by atoms with Crippen molar-refractivity contribution in [2.24, 2.45) is 0 Å². The smallest absolute Gasteiger partial charge is 0.273 e. The number of fused-ring (bicyclic) bond motifs is 2. The molecule has 0 aromatic heterocycles. The van der Waals surface area contributed by atoms with Gasteiger partial charge in [0.2, 0.25) is 0 Å². The Balaban J connectivity index is 1.22. The fraction of sp³-hybridized carbons (Fsp3) is 0.296. The van der Waals surface area contributed by atoms with Crippen LogP contribution in [0.1, 0.15) is 88.1 Å². The van der Waals surface area contributed by atoms with Gasteiger partial charge in [0.25, 0.3) is 5.69 Å². The molecule has 2 unspecified atom stereocenters. The predicted octanol–water partition coefficient (Wildman–Crippen LogP) is 13.5. The van der Waals surface area contributed by atoms with E-state index in [9.17, 15) is 10.1 Å². The second-order valence-corrected chi connectivity index (χ2v) is 17.9. The summed E-state index contributed by atoms with van der Waals surface area (Å²) in [4.78, 5) is 16.5. The summed E-state index contributed by atoms with van der Waals surface area (Å²) in [5, 5.41) is 11.9. The maximum Gasteiger partial charge on any atom is 0.273 e. The van der Waals surface area contributed by atoms with Gasteiger partial charge in [-0.2, -0.15) is 0 Å². The number of non-ortho nitro benzene ring substituents is 1. The third-order valence-electron chi connectivity index (χ3n) is 13.1. The molecule has 3 aliphatic rings. The van der Waals surface area contributed by atoms with Gasteiger partial charge in [0.05, 0.1) is 17.0 Å².